The number of nitrogens with one attached hydrogen (secondary N) is 1. The maximum absolute atomic E-state index is 9.95. The summed E-state index contributed by atoms with van der Waals surface area (Å²) >= 11 is 3.35. The van der Waals surface area contributed by atoms with E-state index < -0.39 is 0 Å². The van der Waals surface area contributed by atoms with Gasteiger partial charge in [-0.25, -0.2) is 4.98 Å². The summed E-state index contributed by atoms with van der Waals surface area (Å²) < 4.78 is 0.815. The Kier molecular flexibility index (Phi) is 3.42. The highest BCUT2D eigenvalue weighted by Gasteiger charge is 2.10. The second kappa shape index (κ2) is 5.38. The van der Waals surface area contributed by atoms with Gasteiger partial charge in [0.1, 0.15) is 5.65 Å². The zero-order chi connectivity index (χ0) is 14.8. The van der Waals surface area contributed by atoms with Crippen LogP contribution in [-0.2, 0) is 0 Å². The molecule has 21 heavy (non-hydrogen) atoms. The van der Waals surface area contributed by atoms with Gasteiger partial charge in [0, 0.05) is 22.3 Å². The van der Waals surface area contributed by atoms with Crippen molar-refractivity contribution in [3.8, 4) is 11.9 Å². The number of fused-ring (bicyclic) bond motifs is 1. The topological polar surface area (TPSA) is 85.1 Å². The summed E-state index contributed by atoms with van der Waals surface area (Å²) in [6.45, 7) is 0. The molecule has 6 heteroatoms. The van der Waals surface area contributed by atoms with Gasteiger partial charge in [-0.1, -0.05) is 6.07 Å². The maximum Gasteiger partial charge on any atom is 0.199 e. The van der Waals surface area contributed by atoms with Crippen LogP contribution in [0.5, 0.6) is 5.88 Å². The number of rotatable bonds is 2. The Bertz CT molecular complexity index is 892. The Hall–Kier alpha value is -2.65. The number of nitrogens with zero attached hydrogens (tertiary/aromatic N) is 3. The van der Waals surface area contributed by atoms with Gasteiger partial charge < -0.3 is 10.1 Å². The standard InChI is InChI=1S/C15H9BrN4O/c16-10-5-12-13(15(21)20-14(12)19-7-10)8-18-11-3-1-2-9(4-11)6-17/h1-5,7-8,21H,(H,19,20). The van der Waals surface area contributed by atoms with Crippen LogP contribution < -0.4 is 0 Å². The quantitative estimate of drug-likeness (QED) is 0.698. The number of halogens is 1. The number of aliphatic imine (C=N–C) groups is 1. The van der Waals surface area contributed by atoms with Crippen molar-refractivity contribution in [2.45, 2.75) is 0 Å². The normalized spacial score (nSPS) is 11.0. The number of aromatic nitrogens is 2. The second-order valence-electron chi connectivity index (χ2n) is 4.36. The second-order valence-corrected chi connectivity index (χ2v) is 5.27. The van der Waals surface area contributed by atoms with Crippen molar-refractivity contribution < 1.29 is 5.11 Å². The van der Waals surface area contributed by atoms with Gasteiger partial charge in [-0.15, -0.1) is 0 Å². The van der Waals surface area contributed by atoms with Gasteiger partial charge in [-0.2, -0.15) is 5.26 Å². The molecule has 5 nitrogen and oxygen atoms in total. The average Bonchev–Trinajstić information content (AvgIpc) is 2.80. The van der Waals surface area contributed by atoms with E-state index in [1.807, 2.05) is 6.07 Å². The minimum Gasteiger partial charge on any atom is -0.494 e. The molecule has 0 spiro atoms. The lowest BCUT2D eigenvalue weighted by atomic mass is 10.2. The maximum atomic E-state index is 9.95. The van der Waals surface area contributed by atoms with Crippen LogP contribution in [0.3, 0.4) is 0 Å². The predicted molar refractivity (Wildman–Crippen MR) is 83.9 cm³/mol. The molecule has 0 aliphatic carbocycles. The minimum atomic E-state index is 0.00999. The van der Waals surface area contributed by atoms with Crippen molar-refractivity contribution in [3.63, 3.8) is 0 Å². The lowest BCUT2D eigenvalue weighted by Gasteiger charge is -1.95. The summed E-state index contributed by atoms with van der Waals surface area (Å²) in [5.74, 6) is 0.00999. The molecule has 0 aliphatic rings. The van der Waals surface area contributed by atoms with Gasteiger partial charge in [-0.3, -0.25) is 4.99 Å². The number of benzene rings is 1. The SMILES string of the molecule is N#Cc1cccc(N=Cc2c(O)[nH]c3ncc(Br)cc23)c1. The summed E-state index contributed by atoms with van der Waals surface area (Å²) in [6.07, 6.45) is 3.20. The number of H-pyrrole nitrogens is 1. The number of aromatic amines is 1. The first-order valence-corrected chi connectivity index (χ1v) is 6.87. The first-order chi connectivity index (χ1) is 10.2. The van der Waals surface area contributed by atoms with Crippen molar-refractivity contribution in [1.82, 2.24) is 9.97 Å². The van der Waals surface area contributed by atoms with Crippen LogP contribution in [-0.4, -0.2) is 21.3 Å². The van der Waals surface area contributed by atoms with Gasteiger partial charge in [0.05, 0.1) is 22.9 Å². The molecule has 3 rings (SSSR count). The van der Waals surface area contributed by atoms with Crippen LogP contribution >= 0.6 is 15.9 Å². The molecule has 0 amide bonds. The summed E-state index contributed by atoms with van der Waals surface area (Å²) in [6, 6.07) is 10.9. The molecule has 1 aromatic carbocycles. The fourth-order valence-corrected chi connectivity index (χ4v) is 2.31. The number of aromatic hydroxyl groups is 1. The van der Waals surface area contributed by atoms with Crippen LogP contribution in [0.1, 0.15) is 11.1 Å². The monoisotopic (exact) mass is 340 g/mol. The highest BCUT2D eigenvalue weighted by molar-refractivity contribution is 9.10. The van der Waals surface area contributed by atoms with Gasteiger partial charge in [0.15, 0.2) is 5.88 Å². The molecule has 0 saturated carbocycles. The van der Waals surface area contributed by atoms with E-state index in [1.54, 1.807) is 36.7 Å². The zero-order valence-corrected chi connectivity index (χ0v) is 12.3. The summed E-state index contributed by atoms with van der Waals surface area (Å²) in [5, 5.41) is 19.6. The summed E-state index contributed by atoms with van der Waals surface area (Å²) in [4.78, 5) is 11.3. The van der Waals surface area contributed by atoms with Crippen molar-refractivity contribution in [2.24, 2.45) is 4.99 Å². The molecule has 0 unspecified atom stereocenters. The number of hydrogen-bond acceptors (Lipinski definition) is 4. The van der Waals surface area contributed by atoms with E-state index in [0.29, 0.717) is 22.5 Å². The van der Waals surface area contributed by atoms with Crippen LogP contribution in [0, 0.1) is 11.3 Å². The van der Waals surface area contributed by atoms with E-state index >= 15 is 0 Å². The van der Waals surface area contributed by atoms with Crippen molar-refractivity contribution >= 4 is 38.9 Å². The molecule has 0 atom stereocenters. The van der Waals surface area contributed by atoms with Gasteiger partial charge >= 0.3 is 0 Å². The molecule has 0 aliphatic heterocycles. The third kappa shape index (κ3) is 2.64. The molecular weight excluding hydrogens is 332 g/mol. The van der Waals surface area contributed by atoms with E-state index in [1.165, 1.54) is 0 Å². The van der Waals surface area contributed by atoms with Crippen LogP contribution in [0.25, 0.3) is 11.0 Å². The van der Waals surface area contributed by atoms with Crippen molar-refractivity contribution in [3.05, 3.63) is 52.1 Å². The number of hydrogen-bond donors (Lipinski definition) is 2. The highest BCUT2D eigenvalue weighted by Crippen LogP contribution is 2.27. The Balaban J connectivity index is 2.05. The van der Waals surface area contributed by atoms with E-state index in [2.05, 4.69) is 37.0 Å². The summed E-state index contributed by atoms with van der Waals surface area (Å²) in [7, 11) is 0. The first kappa shape index (κ1) is 13.3. The molecule has 0 bridgehead atoms. The first-order valence-electron chi connectivity index (χ1n) is 6.08. The molecule has 102 valence electrons. The Labute approximate surface area is 128 Å². The molecule has 0 saturated heterocycles. The van der Waals surface area contributed by atoms with E-state index in [9.17, 15) is 5.11 Å². The fourth-order valence-electron chi connectivity index (χ4n) is 1.98. The Morgan fingerprint density at radius 3 is 3.05 bits per heavy atom. The molecule has 0 fully saturated rings. The third-order valence-electron chi connectivity index (χ3n) is 2.95. The molecule has 0 radical (unpaired) electrons. The number of pyridine rings is 1. The average molecular weight is 341 g/mol. The Morgan fingerprint density at radius 2 is 2.24 bits per heavy atom. The Morgan fingerprint density at radius 1 is 1.38 bits per heavy atom. The van der Waals surface area contributed by atoms with Gasteiger partial charge in [0.2, 0.25) is 0 Å². The summed E-state index contributed by atoms with van der Waals surface area (Å²) in [5.41, 5.74) is 2.33. The molecule has 2 N–H and O–H groups in total. The fraction of sp³-hybridized carbons (Fsp3) is 0. The lowest BCUT2D eigenvalue weighted by molar-refractivity contribution is 0.457. The zero-order valence-electron chi connectivity index (χ0n) is 10.7. The minimum absolute atomic E-state index is 0.00999. The van der Waals surface area contributed by atoms with Gasteiger partial charge in [0.25, 0.3) is 0 Å². The highest BCUT2D eigenvalue weighted by atomic mass is 79.9. The van der Waals surface area contributed by atoms with E-state index in [0.717, 1.165) is 9.86 Å². The van der Waals surface area contributed by atoms with E-state index in [4.69, 9.17) is 5.26 Å². The lowest BCUT2D eigenvalue weighted by Crippen LogP contribution is -1.81. The third-order valence-corrected chi connectivity index (χ3v) is 3.39. The van der Waals surface area contributed by atoms with Crippen molar-refractivity contribution in [2.75, 3.05) is 0 Å². The number of nitriles is 1. The molecular formula is C15H9BrN4O. The largest absolute Gasteiger partial charge is 0.494 e. The van der Waals surface area contributed by atoms with Crippen molar-refractivity contribution in [1.29, 1.82) is 5.26 Å². The van der Waals surface area contributed by atoms with Crippen LogP contribution in [0.2, 0.25) is 0 Å². The molecule has 2 aromatic heterocycles. The predicted octanol–water partition coefficient (Wildman–Crippen LogP) is 3.65. The van der Waals surface area contributed by atoms with E-state index in [-0.39, 0.29) is 5.88 Å². The molecule has 2 heterocycles. The van der Waals surface area contributed by atoms with Crippen LogP contribution in [0.15, 0.2) is 46.0 Å². The van der Waals surface area contributed by atoms with Crippen LogP contribution in [0.4, 0.5) is 5.69 Å². The van der Waals surface area contributed by atoms with Gasteiger partial charge in [-0.05, 0) is 40.2 Å². The smallest absolute Gasteiger partial charge is 0.199 e. The molecule has 3 aromatic rings.